The number of carbonyl (C=O) groups is 2. The smallest absolute Gasteiger partial charge is 0.238 e. The maximum absolute atomic E-state index is 11.3. The third-order valence-corrected chi connectivity index (χ3v) is 3.63. The van der Waals surface area contributed by atoms with E-state index >= 15 is 0 Å². The third-order valence-electron chi connectivity index (χ3n) is 2.87. The lowest BCUT2D eigenvalue weighted by atomic mass is 10.1. The van der Waals surface area contributed by atoms with Gasteiger partial charge in [-0.3, -0.25) is 9.59 Å². The normalized spacial score (nSPS) is 10.5. The van der Waals surface area contributed by atoms with Gasteiger partial charge in [0, 0.05) is 29.3 Å². The molecule has 0 aliphatic heterocycles. The van der Waals surface area contributed by atoms with Crippen LogP contribution in [0.3, 0.4) is 0 Å². The molecule has 0 fully saturated rings. The number of thiazole rings is 1. The van der Waals surface area contributed by atoms with E-state index in [9.17, 15) is 9.59 Å². The van der Waals surface area contributed by atoms with E-state index in [1.807, 2.05) is 37.4 Å². The van der Waals surface area contributed by atoms with Gasteiger partial charge in [0.25, 0.3) is 0 Å². The number of carbonyl (C=O) groups excluding carboxylic acids is 2. The van der Waals surface area contributed by atoms with Crippen molar-refractivity contribution in [3.05, 3.63) is 41.4 Å². The Balaban J connectivity index is 0.000000550. The van der Waals surface area contributed by atoms with Crippen molar-refractivity contribution in [1.29, 1.82) is 0 Å². The molecule has 8 heteroatoms. The molecule has 1 aromatic heterocycles. The quantitative estimate of drug-likeness (QED) is 0.666. The van der Waals surface area contributed by atoms with Crippen LogP contribution in [0.4, 0.5) is 10.8 Å². The van der Waals surface area contributed by atoms with Gasteiger partial charge in [-0.25, -0.2) is 4.98 Å². The van der Waals surface area contributed by atoms with E-state index in [-0.39, 0.29) is 18.4 Å². The molecule has 6 N–H and O–H groups in total. The summed E-state index contributed by atoms with van der Waals surface area (Å²) in [5, 5.41) is 7.70. The zero-order valence-electron chi connectivity index (χ0n) is 14.5. The molecule has 0 bridgehead atoms. The SMILES string of the molecule is C/C=C(/C)N.CC(=O)Nc1nc(-c2cccc(NC(=O)CN)c2)cs1. The molecule has 0 unspecified atom stereocenters. The van der Waals surface area contributed by atoms with Gasteiger partial charge in [-0.15, -0.1) is 11.3 Å². The summed E-state index contributed by atoms with van der Waals surface area (Å²) in [6.45, 7) is 5.15. The summed E-state index contributed by atoms with van der Waals surface area (Å²) in [7, 11) is 0. The van der Waals surface area contributed by atoms with Crippen molar-refractivity contribution < 1.29 is 9.59 Å². The van der Waals surface area contributed by atoms with Crippen molar-refractivity contribution in [2.24, 2.45) is 11.5 Å². The van der Waals surface area contributed by atoms with Crippen molar-refractivity contribution in [1.82, 2.24) is 4.98 Å². The average Bonchev–Trinajstić information content (AvgIpc) is 3.03. The summed E-state index contributed by atoms with van der Waals surface area (Å²) in [4.78, 5) is 26.5. The number of nitrogens with one attached hydrogen (secondary N) is 2. The van der Waals surface area contributed by atoms with Crippen molar-refractivity contribution in [3.8, 4) is 11.3 Å². The predicted octanol–water partition coefficient (Wildman–Crippen LogP) is 2.53. The Bertz CT molecular complexity index is 751. The molecule has 25 heavy (non-hydrogen) atoms. The number of amides is 2. The van der Waals surface area contributed by atoms with Crippen LogP contribution in [-0.4, -0.2) is 23.3 Å². The first-order valence-electron chi connectivity index (χ1n) is 7.57. The molecule has 0 atom stereocenters. The molecule has 2 aromatic rings. The molecular formula is C17H23N5O2S. The second kappa shape index (κ2) is 10.2. The molecule has 2 rings (SSSR count). The van der Waals surface area contributed by atoms with Crippen molar-refractivity contribution in [3.63, 3.8) is 0 Å². The highest BCUT2D eigenvalue weighted by Gasteiger charge is 2.07. The number of anilines is 2. The number of allylic oxidation sites excluding steroid dienone is 2. The number of benzene rings is 1. The molecule has 0 spiro atoms. The van der Waals surface area contributed by atoms with Crippen LogP contribution in [-0.2, 0) is 9.59 Å². The first kappa shape index (κ1) is 20.3. The predicted molar refractivity (Wildman–Crippen MR) is 103 cm³/mol. The summed E-state index contributed by atoms with van der Waals surface area (Å²) < 4.78 is 0. The van der Waals surface area contributed by atoms with E-state index in [4.69, 9.17) is 11.5 Å². The second-order valence-electron chi connectivity index (χ2n) is 5.08. The van der Waals surface area contributed by atoms with E-state index in [0.29, 0.717) is 10.8 Å². The van der Waals surface area contributed by atoms with E-state index < -0.39 is 0 Å². The van der Waals surface area contributed by atoms with Crippen molar-refractivity contribution in [2.75, 3.05) is 17.2 Å². The summed E-state index contributed by atoms with van der Waals surface area (Å²) in [5.74, 6) is -0.408. The fourth-order valence-corrected chi connectivity index (χ4v) is 2.35. The Morgan fingerprint density at radius 1 is 1.28 bits per heavy atom. The van der Waals surface area contributed by atoms with Crippen LogP contribution < -0.4 is 22.1 Å². The Morgan fingerprint density at radius 2 is 1.96 bits per heavy atom. The Labute approximate surface area is 151 Å². The molecule has 0 saturated heterocycles. The highest BCUT2D eigenvalue weighted by atomic mass is 32.1. The number of hydrogen-bond acceptors (Lipinski definition) is 6. The van der Waals surface area contributed by atoms with Crippen LogP contribution in [0.2, 0.25) is 0 Å². The maximum atomic E-state index is 11.3. The highest BCUT2D eigenvalue weighted by Crippen LogP contribution is 2.26. The molecule has 2 amide bonds. The van der Waals surface area contributed by atoms with Gasteiger partial charge < -0.3 is 22.1 Å². The molecule has 0 aliphatic rings. The molecule has 134 valence electrons. The highest BCUT2D eigenvalue weighted by molar-refractivity contribution is 7.14. The molecule has 7 nitrogen and oxygen atoms in total. The fraction of sp³-hybridized carbons (Fsp3) is 0.235. The standard InChI is InChI=1S/C13H14N4O2S.C4H9N/c1-8(18)15-13-17-11(7-20-13)9-3-2-4-10(5-9)16-12(19)6-14;1-3-4(2)5/h2-5,7H,6,14H2,1H3,(H,16,19)(H,15,17,18);3H,5H2,1-2H3/b;4-3-. The van der Waals surface area contributed by atoms with Gasteiger partial charge in [0.1, 0.15) is 0 Å². The Morgan fingerprint density at radius 3 is 2.52 bits per heavy atom. The van der Waals surface area contributed by atoms with Crippen LogP contribution in [0.25, 0.3) is 11.3 Å². The minimum atomic E-state index is -0.251. The molecule has 0 aliphatic carbocycles. The molecule has 0 saturated carbocycles. The number of aromatic nitrogens is 1. The van der Waals surface area contributed by atoms with Gasteiger partial charge in [-0.1, -0.05) is 18.2 Å². The average molecular weight is 361 g/mol. The van der Waals surface area contributed by atoms with Crippen LogP contribution >= 0.6 is 11.3 Å². The number of nitrogens with two attached hydrogens (primary N) is 2. The zero-order chi connectivity index (χ0) is 18.8. The molecule has 1 heterocycles. The Hall–Kier alpha value is -2.71. The first-order valence-corrected chi connectivity index (χ1v) is 8.45. The van der Waals surface area contributed by atoms with Crippen molar-refractivity contribution >= 4 is 34.0 Å². The van der Waals surface area contributed by atoms with Gasteiger partial charge in [-0.2, -0.15) is 0 Å². The number of rotatable bonds is 4. The zero-order valence-corrected chi connectivity index (χ0v) is 15.3. The Kier molecular flexibility index (Phi) is 8.31. The summed E-state index contributed by atoms with van der Waals surface area (Å²) in [6, 6.07) is 7.28. The lowest BCUT2D eigenvalue weighted by Crippen LogP contribution is -2.21. The summed E-state index contributed by atoms with van der Waals surface area (Å²) in [5.41, 5.74) is 13.5. The lowest BCUT2D eigenvalue weighted by molar-refractivity contribution is -0.115. The summed E-state index contributed by atoms with van der Waals surface area (Å²) >= 11 is 1.35. The minimum absolute atomic E-state index is 0.0619. The van der Waals surface area contributed by atoms with Crippen LogP contribution in [0.15, 0.2) is 41.4 Å². The maximum Gasteiger partial charge on any atom is 0.238 e. The molecule has 1 aromatic carbocycles. The van der Waals surface area contributed by atoms with Gasteiger partial charge in [0.05, 0.1) is 12.2 Å². The monoisotopic (exact) mass is 361 g/mol. The van der Waals surface area contributed by atoms with E-state index in [1.165, 1.54) is 18.3 Å². The number of nitrogens with zero attached hydrogens (tertiary/aromatic N) is 1. The van der Waals surface area contributed by atoms with Gasteiger partial charge in [-0.05, 0) is 26.0 Å². The lowest BCUT2D eigenvalue weighted by Gasteiger charge is -2.05. The van der Waals surface area contributed by atoms with Crippen molar-refractivity contribution in [2.45, 2.75) is 20.8 Å². The van der Waals surface area contributed by atoms with Crippen LogP contribution in [0.5, 0.6) is 0 Å². The van der Waals surface area contributed by atoms with Gasteiger partial charge >= 0.3 is 0 Å². The van der Waals surface area contributed by atoms with E-state index in [0.717, 1.165) is 17.0 Å². The van der Waals surface area contributed by atoms with E-state index in [1.54, 1.807) is 12.1 Å². The largest absolute Gasteiger partial charge is 0.403 e. The number of hydrogen-bond donors (Lipinski definition) is 4. The second-order valence-corrected chi connectivity index (χ2v) is 5.94. The van der Waals surface area contributed by atoms with Gasteiger partial charge in [0.2, 0.25) is 11.8 Å². The van der Waals surface area contributed by atoms with E-state index in [2.05, 4.69) is 15.6 Å². The molecular weight excluding hydrogens is 338 g/mol. The topological polar surface area (TPSA) is 123 Å². The van der Waals surface area contributed by atoms with Gasteiger partial charge in [0.15, 0.2) is 5.13 Å². The molecule has 0 radical (unpaired) electrons. The van der Waals surface area contributed by atoms with Crippen LogP contribution in [0, 0.1) is 0 Å². The third kappa shape index (κ3) is 7.60. The fourth-order valence-electron chi connectivity index (χ4n) is 1.58. The minimum Gasteiger partial charge on any atom is -0.403 e. The van der Waals surface area contributed by atoms with Crippen LogP contribution in [0.1, 0.15) is 20.8 Å². The summed E-state index contributed by atoms with van der Waals surface area (Å²) in [6.07, 6.45) is 1.86. The first-order chi connectivity index (χ1) is 11.8.